The molecule has 0 saturated heterocycles. The van der Waals surface area contributed by atoms with Crippen molar-refractivity contribution < 1.29 is 0 Å². The predicted molar refractivity (Wildman–Crippen MR) is 58.0 cm³/mol. The van der Waals surface area contributed by atoms with Gasteiger partial charge in [0.15, 0.2) is 0 Å². The lowest BCUT2D eigenvalue weighted by molar-refractivity contribution is 0.619. The summed E-state index contributed by atoms with van der Waals surface area (Å²) in [4.78, 5) is 10.7. The second-order valence-electron chi connectivity index (χ2n) is 3.31. The van der Waals surface area contributed by atoms with Crippen LogP contribution >= 0.6 is 0 Å². The maximum atomic E-state index is 9.00. The molecule has 0 saturated carbocycles. The molecular weight excluding hydrogens is 202 g/mol. The molecule has 0 aliphatic carbocycles. The van der Waals surface area contributed by atoms with Crippen LogP contribution in [0.25, 0.3) is 0 Å². The molecule has 0 fully saturated rings. The average Bonchev–Trinajstić information content (AvgIpc) is 2.85. The monoisotopic (exact) mass is 213 g/mol. The van der Waals surface area contributed by atoms with Crippen LogP contribution in [-0.2, 0) is 6.54 Å². The van der Waals surface area contributed by atoms with Crippen molar-refractivity contribution in [2.24, 2.45) is 0 Å². The Hall–Kier alpha value is -2.19. The second-order valence-corrected chi connectivity index (χ2v) is 3.31. The third-order valence-electron chi connectivity index (χ3n) is 2.22. The van der Waals surface area contributed by atoms with Crippen LogP contribution in [0.3, 0.4) is 0 Å². The minimum Gasteiger partial charge on any atom is -0.346 e. The molecule has 0 spiro atoms. The van der Waals surface area contributed by atoms with Gasteiger partial charge in [-0.2, -0.15) is 5.26 Å². The van der Waals surface area contributed by atoms with Gasteiger partial charge in [0.1, 0.15) is 6.04 Å². The van der Waals surface area contributed by atoms with Gasteiger partial charge in [0.2, 0.25) is 0 Å². The number of hydrogen-bond donors (Lipinski definition) is 2. The van der Waals surface area contributed by atoms with Crippen molar-refractivity contribution in [3.8, 4) is 6.07 Å². The number of aromatic amines is 1. The van der Waals surface area contributed by atoms with Gasteiger partial charge in [-0.1, -0.05) is 0 Å². The summed E-state index contributed by atoms with van der Waals surface area (Å²) in [6, 6.07) is 5.63. The summed E-state index contributed by atoms with van der Waals surface area (Å²) < 4.78 is 0. The van der Waals surface area contributed by atoms with Crippen molar-refractivity contribution in [3.05, 3.63) is 48.3 Å². The molecule has 2 rings (SSSR count). The number of H-pyrrole nitrogens is 1. The van der Waals surface area contributed by atoms with E-state index in [4.69, 9.17) is 5.26 Å². The molecule has 2 heterocycles. The van der Waals surface area contributed by atoms with Crippen LogP contribution in [0.1, 0.15) is 17.3 Å². The fourth-order valence-electron chi connectivity index (χ4n) is 1.37. The zero-order valence-corrected chi connectivity index (χ0v) is 8.59. The summed E-state index contributed by atoms with van der Waals surface area (Å²) in [7, 11) is 0. The Morgan fingerprint density at radius 3 is 2.81 bits per heavy atom. The molecule has 0 bridgehead atoms. The highest BCUT2D eigenvalue weighted by atomic mass is 15.0. The van der Waals surface area contributed by atoms with Crippen molar-refractivity contribution in [2.75, 3.05) is 0 Å². The average molecular weight is 213 g/mol. The fourth-order valence-corrected chi connectivity index (χ4v) is 1.37. The standard InChI is InChI=1S/C11H11N5/c12-5-10(11-7-14-8-16-11)15-6-9-1-3-13-4-2-9/h1-4,7-8,10,15H,6H2,(H,14,16). The number of nitriles is 1. The summed E-state index contributed by atoms with van der Waals surface area (Å²) >= 11 is 0. The third kappa shape index (κ3) is 2.43. The Morgan fingerprint density at radius 1 is 1.38 bits per heavy atom. The van der Waals surface area contributed by atoms with Crippen molar-refractivity contribution in [3.63, 3.8) is 0 Å². The molecule has 80 valence electrons. The summed E-state index contributed by atoms with van der Waals surface area (Å²) in [5, 5.41) is 12.1. The number of aromatic nitrogens is 3. The second kappa shape index (κ2) is 5.05. The topological polar surface area (TPSA) is 77.4 Å². The quantitative estimate of drug-likeness (QED) is 0.798. The first-order valence-electron chi connectivity index (χ1n) is 4.90. The predicted octanol–water partition coefficient (Wildman–Crippen LogP) is 1.16. The van der Waals surface area contributed by atoms with E-state index < -0.39 is 0 Å². The van der Waals surface area contributed by atoms with Crippen LogP contribution in [0.4, 0.5) is 0 Å². The van der Waals surface area contributed by atoms with Crippen LogP contribution in [0.2, 0.25) is 0 Å². The van der Waals surface area contributed by atoms with Gasteiger partial charge in [-0.05, 0) is 17.7 Å². The Morgan fingerprint density at radius 2 is 2.19 bits per heavy atom. The first-order valence-corrected chi connectivity index (χ1v) is 4.90. The third-order valence-corrected chi connectivity index (χ3v) is 2.22. The van der Waals surface area contributed by atoms with E-state index in [1.54, 1.807) is 24.9 Å². The molecule has 0 aliphatic rings. The van der Waals surface area contributed by atoms with Crippen molar-refractivity contribution >= 4 is 0 Å². The fraction of sp³-hybridized carbons (Fsp3) is 0.182. The number of pyridine rings is 1. The number of hydrogen-bond acceptors (Lipinski definition) is 4. The summed E-state index contributed by atoms with van der Waals surface area (Å²) in [6.45, 7) is 0.625. The highest BCUT2D eigenvalue weighted by Crippen LogP contribution is 2.08. The van der Waals surface area contributed by atoms with Crippen LogP contribution in [0, 0.1) is 11.3 Å². The Labute approximate surface area is 93.2 Å². The van der Waals surface area contributed by atoms with Crippen molar-refractivity contribution in [1.82, 2.24) is 20.3 Å². The van der Waals surface area contributed by atoms with Gasteiger partial charge in [-0.3, -0.25) is 10.3 Å². The normalized spacial score (nSPS) is 11.9. The lowest BCUT2D eigenvalue weighted by atomic mass is 10.2. The van der Waals surface area contributed by atoms with Crippen molar-refractivity contribution in [1.29, 1.82) is 5.26 Å². The summed E-state index contributed by atoms with van der Waals surface area (Å²) in [5.41, 5.74) is 1.87. The number of nitrogens with one attached hydrogen (secondary N) is 2. The van der Waals surface area contributed by atoms with Crippen molar-refractivity contribution in [2.45, 2.75) is 12.6 Å². The number of rotatable bonds is 4. The highest BCUT2D eigenvalue weighted by molar-refractivity contribution is 5.14. The lowest BCUT2D eigenvalue weighted by Gasteiger charge is -2.09. The van der Waals surface area contributed by atoms with Gasteiger partial charge in [0, 0.05) is 18.9 Å². The van der Waals surface area contributed by atoms with Gasteiger partial charge in [-0.25, -0.2) is 4.98 Å². The number of nitrogens with zero attached hydrogens (tertiary/aromatic N) is 3. The zero-order chi connectivity index (χ0) is 11.2. The SMILES string of the molecule is N#CC(NCc1ccncc1)c1cnc[nH]1. The molecule has 0 radical (unpaired) electrons. The van der Waals surface area contributed by atoms with Crippen LogP contribution in [0.15, 0.2) is 37.1 Å². The van der Waals surface area contributed by atoms with E-state index in [1.807, 2.05) is 12.1 Å². The van der Waals surface area contributed by atoms with E-state index in [-0.39, 0.29) is 6.04 Å². The van der Waals surface area contributed by atoms with Gasteiger partial charge in [0.25, 0.3) is 0 Å². The first-order chi connectivity index (χ1) is 7.90. The van der Waals surface area contributed by atoms with Gasteiger partial charge < -0.3 is 4.98 Å². The lowest BCUT2D eigenvalue weighted by Crippen LogP contribution is -2.19. The maximum Gasteiger partial charge on any atom is 0.138 e. The minimum atomic E-state index is -0.365. The van der Waals surface area contributed by atoms with Gasteiger partial charge >= 0.3 is 0 Å². The molecule has 1 atom stereocenters. The summed E-state index contributed by atoms with van der Waals surface area (Å²) in [6.07, 6.45) is 6.67. The maximum absolute atomic E-state index is 9.00. The molecule has 0 amide bonds. The molecule has 0 aliphatic heterocycles. The molecular formula is C11H11N5. The molecule has 0 aromatic carbocycles. The van der Waals surface area contributed by atoms with E-state index in [9.17, 15) is 0 Å². The van der Waals surface area contributed by atoms with Crippen LogP contribution in [0.5, 0.6) is 0 Å². The highest BCUT2D eigenvalue weighted by Gasteiger charge is 2.10. The summed E-state index contributed by atoms with van der Waals surface area (Å²) in [5.74, 6) is 0. The Bertz CT molecular complexity index is 457. The first kappa shape index (κ1) is 10.3. The van der Waals surface area contributed by atoms with Gasteiger partial charge in [0.05, 0.1) is 24.3 Å². The Balaban J connectivity index is 1.97. The smallest absolute Gasteiger partial charge is 0.138 e. The molecule has 5 nitrogen and oxygen atoms in total. The molecule has 1 unspecified atom stereocenters. The van der Waals surface area contributed by atoms with Crippen LogP contribution < -0.4 is 5.32 Å². The number of imidazole rings is 1. The van der Waals surface area contributed by atoms with E-state index in [1.165, 1.54) is 0 Å². The minimum absolute atomic E-state index is 0.365. The van der Waals surface area contributed by atoms with E-state index in [0.29, 0.717) is 6.54 Å². The molecule has 2 N–H and O–H groups in total. The zero-order valence-electron chi connectivity index (χ0n) is 8.59. The van der Waals surface area contributed by atoms with Gasteiger partial charge in [-0.15, -0.1) is 0 Å². The molecule has 2 aromatic rings. The molecule has 5 heteroatoms. The van der Waals surface area contributed by atoms with E-state index >= 15 is 0 Å². The van der Waals surface area contributed by atoms with E-state index in [2.05, 4.69) is 26.3 Å². The Kier molecular flexibility index (Phi) is 3.26. The largest absolute Gasteiger partial charge is 0.346 e. The molecule has 16 heavy (non-hydrogen) atoms. The molecule has 2 aromatic heterocycles. The van der Waals surface area contributed by atoms with E-state index in [0.717, 1.165) is 11.3 Å². The van der Waals surface area contributed by atoms with Crippen LogP contribution in [-0.4, -0.2) is 15.0 Å².